The second-order valence-corrected chi connectivity index (χ2v) is 12.8. The van der Waals surface area contributed by atoms with E-state index in [4.69, 9.17) is 51.5 Å². The molecule has 5 aromatic rings. The zero-order valence-corrected chi connectivity index (χ0v) is 26.7. The van der Waals surface area contributed by atoms with Gasteiger partial charge in [-0.05, 0) is 82.4 Å². The number of carbonyl (C=O) groups is 3. The molecule has 3 N–H and O–H groups in total. The lowest BCUT2D eigenvalue weighted by Crippen LogP contribution is -2.67. The Hall–Kier alpha value is -4.40. The molecule has 4 amide bonds. The maximum Gasteiger partial charge on any atom is 0.328 e. The molecular weight excluding hydrogens is 666 g/mol. The number of benzene rings is 4. The molecule has 1 aliphatic heterocycles. The van der Waals surface area contributed by atoms with Gasteiger partial charge in [0.25, 0.3) is 0 Å². The largest absolute Gasteiger partial charge is 0.328 e. The quantitative estimate of drug-likeness (QED) is 0.165. The molecule has 1 fully saturated rings. The fourth-order valence-electron chi connectivity index (χ4n) is 6.61. The molecular formula is C35H22Cl4N4O3. The number of imide groups is 2. The first-order valence-electron chi connectivity index (χ1n) is 14.2. The molecule has 1 aromatic heterocycles. The van der Waals surface area contributed by atoms with Crippen molar-refractivity contribution in [3.8, 4) is 11.3 Å². The van der Waals surface area contributed by atoms with Gasteiger partial charge in [-0.1, -0.05) is 94.9 Å². The summed E-state index contributed by atoms with van der Waals surface area (Å²) >= 11 is 25.1. The summed E-state index contributed by atoms with van der Waals surface area (Å²) in [6, 6.07) is 27.4. The number of halogens is 4. The zero-order valence-electron chi connectivity index (χ0n) is 23.7. The van der Waals surface area contributed by atoms with Crippen LogP contribution in [0.2, 0.25) is 20.1 Å². The van der Waals surface area contributed by atoms with E-state index >= 15 is 0 Å². The second-order valence-electron chi connectivity index (χ2n) is 11.1. The summed E-state index contributed by atoms with van der Waals surface area (Å²) in [5.41, 5.74) is 3.09. The predicted molar refractivity (Wildman–Crippen MR) is 180 cm³/mol. The van der Waals surface area contributed by atoms with Crippen LogP contribution in [0, 0.1) is 5.41 Å². The van der Waals surface area contributed by atoms with Crippen LogP contribution in [-0.2, 0) is 9.59 Å². The minimum absolute atomic E-state index is 0.476. The van der Waals surface area contributed by atoms with Crippen LogP contribution in [-0.4, -0.2) is 28.0 Å². The van der Waals surface area contributed by atoms with Crippen LogP contribution in [0.4, 0.5) is 4.79 Å². The van der Waals surface area contributed by atoms with Crippen LogP contribution < -0.4 is 10.6 Å². The lowest BCUT2D eigenvalue weighted by atomic mass is 9.52. The average molecular weight is 688 g/mol. The molecule has 2 aliphatic rings. The van der Waals surface area contributed by atoms with Gasteiger partial charge in [0, 0.05) is 37.5 Å². The first kappa shape index (κ1) is 30.3. The number of allylic oxidation sites excluding steroid dienone is 1. The number of hydrogen-bond acceptors (Lipinski definition) is 4. The molecule has 4 aromatic carbocycles. The summed E-state index contributed by atoms with van der Waals surface area (Å²) < 4.78 is 0. The standard InChI is InChI=1S/C35H22Cl4N4O3/c36-22-9-1-18(2-10-22)17-26-28(19-3-11-23(37)12-4-19)35(32(44)40-34(46)41-33(35)45)29(20-5-13-24(38)14-6-20)27-30(42-43-31(26)27)21-7-15-25(39)16-8-21/h1-17,28-29H,(H,42,43)(H2,40,41,44,45,46)/b26-17-. The van der Waals surface area contributed by atoms with Gasteiger partial charge in [-0.15, -0.1) is 0 Å². The van der Waals surface area contributed by atoms with Gasteiger partial charge in [0.1, 0.15) is 0 Å². The lowest BCUT2D eigenvalue weighted by molar-refractivity contribution is -0.146. The van der Waals surface area contributed by atoms with E-state index in [-0.39, 0.29) is 0 Å². The van der Waals surface area contributed by atoms with E-state index in [9.17, 15) is 14.4 Å². The minimum atomic E-state index is -1.92. The monoisotopic (exact) mass is 686 g/mol. The van der Waals surface area contributed by atoms with Crippen molar-refractivity contribution >= 4 is 75.9 Å². The Kier molecular flexibility index (Phi) is 7.73. The van der Waals surface area contributed by atoms with Crippen molar-refractivity contribution in [2.24, 2.45) is 5.41 Å². The summed E-state index contributed by atoms with van der Waals surface area (Å²) in [5.74, 6) is -3.39. The van der Waals surface area contributed by atoms with Gasteiger partial charge in [0.15, 0.2) is 5.41 Å². The third-order valence-corrected chi connectivity index (χ3v) is 9.53. The van der Waals surface area contributed by atoms with Crippen molar-refractivity contribution in [1.29, 1.82) is 0 Å². The van der Waals surface area contributed by atoms with Gasteiger partial charge in [-0.2, -0.15) is 5.10 Å². The van der Waals surface area contributed by atoms with Crippen molar-refractivity contribution in [2.75, 3.05) is 0 Å². The summed E-state index contributed by atoms with van der Waals surface area (Å²) in [5, 5.41) is 14.9. The normalized spacial score (nSPS) is 19.6. The molecule has 0 bridgehead atoms. The highest BCUT2D eigenvalue weighted by atomic mass is 35.5. The van der Waals surface area contributed by atoms with Crippen LogP contribution in [0.25, 0.3) is 22.9 Å². The molecule has 0 radical (unpaired) electrons. The minimum Gasteiger partial charge on any atom is -0.277 e. The number of aromatic nitrogens is 2. The predicted octanol–water partition coefficient (Wildman–Crippen LogP) is 8.51. The van der Waals surface area contributed by atoms with Crippen molar-refractivity contribution in [3.63, 3.8) is 0 Å². The summed E-state index contributed by atoms with van der Waals surface area (Å²) in [7, 11) is 0. The van der Waals surface area contributed by atoms with E-state index < -0.39 is 35.1 Å². The highest BCUT2D eigenvalue weighted by molar-refractivity contribution is 6.31. The number of fused-ring (bicyclic) bond motifs is 1. The third kappa shape index (κ3) is 5.00. The van der Waals surface area contributed by atoms with Crippen molar-refractivity contribution in [3.05, 3.63) is 145 Å². The number of rotatable bonds is 4. The Morgan fingerprint density at radius 3 is 1.59 bits per heavy atom. The summed E-state index contributed by atoms with van der Waals surface area (Å²) in [6.07, 6.45) is 1.89. The highest BCUT2D eigenvalue weighted by Gasteiger charge is 2.66. The van der Waals surface area contributed by atoms with Crippen LogP contribution in [0.3, 0.4) is 0 Å². The maximum atomic E-state index is 14.6. The lowest BCUT2D eigenvalue weighted by Gasteiger charge is -2.49. The molecule has 1 aliphatic carbocycles. The van der Waals surface area contributed by atoms with E-state index in [1.807, 2.05) is 30.3 Å². The molecule has 7 nitrogen and oxygen atoms in total. The summed E-state index contributed by atoms with van der Waals surface area (Å²) in [6.45, 7) is 0. The Labute approximate surface area is 283 Å². The Balaban J connectivity index is 1.64. The fraction of sp³-hybridized carbons (Fsp3) is 0.0857. The van der Waals surface area contributed by atoms with E-state index in [0.29, 0.717) is 53.7 Å². The Morgan fingerprint density at radius 1 is 0.609 bits per heavy atom. The van der Waals surface area contributed by atoms with Gasteiger partial charge in [0.2, 0.25) is 11.8 Å². The molecule has 2 unspecified atom stereocenters. The van der Waals surface area contributed by atoms with Crippen molar-refractivity contribution in [2.45, 2.75) is 11.8 Å². The number of barbiturate groups is 1. The molecule has 0 saturated carbocycles. The number of H-pyrrole nitrogens is 1. The number of nitrogens with one attached hydrogen (secondary N) is 3. The molecule has 1 saturated heterocycles. The smallest absolute Gasteiger partial charge is 0.277 e. The number of nitrogens with zero attached hydrogens (tertiary/aromatic N) is 1. The zero-order chi connectivity index (χ0) is 32.2. The second kappa shape index (κ2) is 11.8. The molecule has 2 heterocycles. The fourth-order valence-corrected chi connectivity index (χ4v) is 7.11. The summed E-state index contributed by atoms with van der Waals surface area (Å²) in [4.78, 5) is 41.9. The molecule has 7 rings (SSSR count). The first-order chi connectivity index (χ1) is 22.2. The van der Waals surface area contributed by atoms with Crippen LogP contribution in [0.1, 0.15) is 39.8 Å². The maximum absolute atomic E-state index is 14.6. The van der Waals surface area contributed by atoms with Gasteiger partial charge < -0.3 is 0 Å². The average Bonchev–Trinajstić information content (AvgIpc) is 3.47. The van der Waals surface area contributed by atoms with E-state index in [2.05, 4.69) is 15.7 Å². The van der Waals surface area contributed by atoms with Crippen molar-refractivity contribution in [1.82, 2.24) is 20.8 Å². The number of urea groups is 1. The highest BCUT2D eigenvalue weighted by Crippen LogP contribution is 2.62. The molecule has 1 spiro atoms. The van der Waals surface area contributed by atoms with E-state index in [0.717, 1.165) is 11.1 Å². The molecule has 11 heteroatoms. The number of hydrogen-bond donors (Lipinski definition) is 3. The number of carbonyl (C=O) groups excluding carboxylic acids is 3. The Bertz CT molecular complexity index is 2020. The molecule has 228 valence electrons. The van der Waals surface area contributed by atoms with Gasteiger partial charge >= 0.3 is 6.03 Å². The van der Waals surface area contributed by atoms with Gasteiger partial charge in [-0.3, -0.25) is 25.3 Å². The Morgan fingerprint density at radius 2 is 1.07 bits per heavy atom. The van der Waals surface area contributed by atoms with Crippen LogP contribution >= 0.6 is 46.4 Å². The molecule has 46 heavy (non-hydrogen) atoms. The molecule has 2 atom stereocenters. The SMILES string of the molecule is O=C1NC(=O)C2(C(=O)N1)C(c1ccc(Cl)cc1)/C(=C/c1ccc(Cl)cc1)c1n[nH]c(-c3ccc(Cl)cc3)c1C2c1ccc(Cl)cc1. The first-order valence-corrected chi connectivity index (χ1v) is 15.7. The van der Waals surface area contributed by atoms with Gasteiger partial charge in [-0.25, -0.2) is 4.79 Å². The third-order valence-electron chi connectivity index (χ3n) is 8.53. The number of amides is 4. The van der Waals surface area contributed by atoms with Crippen LogP contribution in [0.15, 0.2) is 97.1 Å². The van der Waals surface area contributed by atoms with Crippen molar-refractivity contribution < 1.29 is 14.4 Å². The van der Waals surface area contributed by atoms with E-state index in [1.54, 1.807) is 72.8 Å². The number of aromatic amines is 1. The van der Waals surface area contributed by atoms with Crippen LogP contribution in [0.5, 0.6) is 0 Å². The van der Waals surface area contributed by atoms with E-state index in [1.165, 1.54) is 0 Å². The topological polar surface area (TPSA) is 104 Å². The van der Waals surface area contributed by atoms with Gasteiger partial charge in [0.05, 0.1) is 11.4 Å².